The van der Waals surface area contributed by atoms with E-state index in [1.807, 2.05) is 0 Å². The van der Waals surface area contributed by atoms with Crippen molar-refractivity contribution >= 4 is 27.6 Å². The van der Waals surface area contributed by atoms with Crippen molar-refractivity contribution in [3.05, 3.63) is 84.4 Å². The minimum atomic E-state index is -4.89. The quantitative estimate of drug-likeness (QED) is 0.422. The number of rotatable bonds is 9. The number of nitrogens with one attached hydrogen (secondary N) is 1. The Morgan fingerprint density at radius 3 is 2.00 bits per heavy atom. The van der Waals surface area contributed by atoms with Gasteiger partial charge in [0.25, 0.3) is 15.9 Å². The minimum Gasteiger partial charge on any atom is -0.480 e. The molecule has 3 aromatic rings. The van der Waals surface area contributed by atoms with Crippen LogP contribution in [0, 0.1) is 0 Å². The maximum atomic E-state index is 13.3. The molecule has 0 saturated heterocycles. The lowest BCUT2D eigenvalue weighted by atomic mass is 10.2. The van der Waals surface area contributed by atoms with E-state index in [9.17, 15) is 31.2 Å². The van der Waals surface area contributed by atoms with E-state index in [0.29, 0.717) is 4.47 Å². The van der Waals surface area contributed by atoms with Crippen LogP contribution in [0.3, 0.4) is 0 Å². The number of nitrogens with zero attached hydrogens (tertiary/aromatic N) is 1. The minimum absolute atomic E-state index is 0.0256. The first kappa shape index (κ1) is 25.4. The number of halogens is 3. The normalized spacial score (nSPS) is 11.4. The van der Waals surface area contributed by atoms with Gasteiger partial charge in [-0.25, -0.2) is 0 Å². The SMILES string of the molecule is O=C(O)CNC(=O)c1ccc(S(=O)(=O)N(Oc2ccc(OC(F)(F)F)cc2)c2ccccc2)cc1. The number of alkyl halides is 3. The summed E-state index contributed by atoms with van der Waals surface area (Å²) in [4.78, 5) is 27.8. The fraction of sp³-hybridized carbons (Fsp3) is 0.0909. The molecule has 3 aromatic carbocycles. The molecular formula is C22H17F3N2O7S. The van der Waals surface area contributed by atoms with Crippen molar-refractivity contribution in [1.29, 1.82) is 0 Å². The lowest BCUT2D eigenvalue weighted by Gasteiger charge is -2.24. The van der Waals surface area contributed by atoms with Crippen LogP contribution in [-0.2, 0) is 14.8 Å². The molecule has 0 bridgehead atoms. The number of benzene rings is 3. The van der Waals surface area contributed by atoms with Crippen LogP contribution < -0.4 is 19.4 Å². The third-order valence-corrected chi connectivity index (χ3v) is 5.84. The molecular weight excluding hydrogens is 493 g/mol. The van der Waals surface area contributed by atoms with Gasteiger partial charge in [-0.3, -0.25) is 9.59 Å². The highest BCUT2D eigenvalue weighted by Crippen LogP contribution is 2.29. The molecule has 0 atom stereocenters. The molecule has 0 aliphatic carbocycles. The monoisotopic (exact) mass is 510 g/mol. The molecule has 0 aromatic heterocycles. The van der Waals surface area contributed by atoms with Crippen LogP contribution in [0.4, 0.5) is 18.9 Å². The third kappa shape index (κ3) is 6.86. The lowest BCUT2D eigenvalue weighted by molar-refractivity contribution is -0.274. The zero-order chi connectivity index (χ0) is 25.6. The number of hydrogen-bond acceptors (Lipinski definition) is 6. The average Bonchev–Trinajstić information content (AvgIpc) is 2.81. The van der Waals surface area contributed by atoms with Gasteiger partial charge in [0.05, 0.1) is 10.6 Å². The molecule has 184 valence electrons. The van der Waals surface area contributed by atoms with Gasteiger partial charge in [0.15, 0.2) is 5.75 Å². The highest BCUT2D eigenvalue weighted by Gasteiger charge is 2.31. The van der Waals surface area contributed by atoms with Crippen LogP contribution in [0.1, 0.15) is 10.4 Å². The molecule has 0 spiro atoms. The number of aliphatic carboxylic acids is 1. The first-order valence-corrected chi connectivity index (χ1v) is 11.1. The number of sulfonamides is 1. The number of amides is 1. The van der Waals surface area contributed by atoms with Gasteiger partial charge in [0.2, 0.25) is 0 Å². The van der Waals surface area contributed by atoms with Gasteiger partial charge in [0.1, 0.15) is 12.3 Å². The van der Waals surface area contributed by atoms with Crippen molar-refractivity contribution in [2.24, 2.45) is 0 Å². The Balaban J connectivity index is 1.88. The number of ether oxygens (including phenoxy) is 1. The number of carbonyl (C=O) groups excluding carboxylic acids is 1. The van der Waals surface area contributed by atoms with Crippen LogP contribution in [0.25, 0.3) is 0 Å². The number of carboxylic acid groups (broad SMARTS) is 1. The van der Waals surface area contributed by atoms with Gasteiger partial charge in [-0.2, -0.15) is 8.42 Å². The summed E-state index contributed by atoms with van der Waals surface area (Å²) in [5.41, 5.74) is 0.115. The number of carbonyl (C=O) groups is 2. The topological polar surface area (TPSA) is 122 Å². The molecule has 13 heteroatoms. The van der Waals surface area contributed by atoms with Crippen LogP contribution in [0.5, 0.6) is 11.5 Å². The maximum absolute atomic E-state index is 13.3. The summed E-state index contributed by atoms with van der Waals surface area (Å²) in [5.74, 6) is -2.58. The van der Waals surface area contributed by atoms with E-state index in [1.54, 1.807) is 18.2 Å². The molecule has 0 heterocycles. The molecule has 0 aliphatic heterocycles. The molecule has 0 fully saturated rings. The summed E-state index contributed by atoms with van der Waals surface area (Å²) in [5, 5.41) is 10.8. The van der Waals surface area contributed by atoms with Crippen LogP contribution in [0.2, 0.25) is 0 Å². The predicted molar refractivity (Wildman–Crippen MR) is 116 cm³/mol. The van der Waals surface area contributed by atoms with E-state index in [2.05, 4.69) is 10.1 Å². The first-order valence-electron chi connectivity index (χ1n) is 9.70. The van der Waals surface area contributed by atoms with Gasteiger partial charge in [-0.15, -0.1) is 13.2 Å². The van der Waals surface area contributed by atoms with E-state index >= 15 is 0 Å². The van der Waals surface area contributed by atoms with Crippen molar-refractivity contribution in [3.8, 4) is 11.5 Å². The number of anilines is 1. The Morgan fingerprint density at radius 2 is 1.46 bits per heavy atom. The van der Waals surface area contributed by atoms with Gasteiger partial charge in [-0.05, 0) is 60.7 Å². The largest absolute Gasteiger partial charge is 0.573 e. The molecule has 0 aliphatic rings. The molecule has 3 rings (SSSR count). The first-order chi connectivity index (χ1) is 16.5. The second-order valence-corrected chi connectivity index (χ2v) is 8.53. The summed E-state index contributed by atoms with van der Waals surface area (Å²) in [6.45, 7) is -0.610. The number of carboxylic acids is 1. The maximum Gasteiger partial charge on any atom is 0.573 e. The summed E-state index contributed by atoms with van der Waals surface area (Å²) >= 11 is 0. The average molecular weight is 510 g/mol. The van der Waals surface area contributed by atoms with Crippen molar-refractivity contribution in [1.82, 2.24) is 5.32 Å². The Kier molecular flexibility index (Phi) is 7.49. The summed E-state index contributed by atoms with van der Waals surface area (Å²) in [7, 11) is -4.39. The number of para-hydroxylation sites is 1. The van der Waals surface area contributed by atoms with Crippen molar-refractivity contribution in [2.75, 3.05) is 11.0 Å². The Morgan fingerprint density at radius 1 is 0.886 bits per heavy atom. The molecule has 2 N–H and O–H groups in total. The number of hydrogen-bond donors (Lipinski definition) is 2. The third-order valence-electron chi connectivity index (χ3n) is 4.25. The standard InChI is InChI=1S/C22H17F3N2O7S/c23-22(24,25)33-17-8-10-18(11-9-17)34-27(16-4-2-1-3-5-16)35(31,32)19-12-6-15(7-13-19)21(30)26-14-20(28)29/h1-13H,14H2,(H,26,30)(H,28,29). The second-order valence-electron chi connectivity index (χ2n) is 6.78. The summed E-state index contributed by atoms with van der Waals surface area (Å²) in [6.07, 6.45) is -4.89. The highest BCUT2D eigenvalue weighted by atomic mass is 32.2. The van der Waals surface area contributed by atoms with E-state index in [4.69, 9.17) is 9.94 Å². The molecule has 0 saturated carbocycles. The van der Waals surface area contributed by atoms with Gasteiger partial charge in [-0.1, -0.05) is 22.7 Å². The molecule has 35 heavy (non-hydrogen) atoms. The van der Waals surface area contributed by atoms with Crippen molar-refractivity contribution < 1.29 is 45.9 Å². The molecule has 0 unspecified atom stereocenters. The van der Waals surface area contributed by atoms with Crippen molar-refractivity contribution in [2.45, 2.75) is 11.3 Å². The summed E-state index contributed by atoms with van der Waals surface area (Å²) in [6, 6.07) is 16.4. The van der Waals surface area contributed by atoms with Crippen LogP contribution in [-0.4, -0.2) is 38.3 Å². The van der Waals surface area contributed by atoms with Gasteiger partial charge >= 0.3 is 12.3 Å². The van der Waals surface area contributed by atoms with E-state index in [0.717, 1.165) is 36.4 Å². The highest BCUT2D eigenvalue weighted by molar-refractivity contribution is 7.92. The smallest absolute Gasteiger partial charge is 0.480 e. The molecule has 9 nitrogen and oxygen atoms in total. The Bertz CT molecular complexity index is 1280. The zero-order valence-corrected chi connectivity index (χ0v) is 18.4. The van der Waals surface area contributed by atoms with E-state index in [-0.39, 0.29) is 21.9 Å². The fourth-order valence-electron chi connectivity index (χ4n) is 2.72. The Hall–Kier alpha value is -4.26. The van der Waals surface area contributed by atoms with Gasteiger partial charge < -0.3 is 20.0 Å². The van der Waals surface area contributed by atoms with Gasteiger partial charge in [0, 0.05) is 5.56 Å². The van der Waals surface area contributed by atoms with Crippen LogP contribution in [0.15, 0.2) is 83.8 Å². The lowest BCUT2D eigenvalue weighted by Crippen LogP contribution is -2.34. The fourth-order valence-corrected chi connectivity index (χ4v) is 3.98. The summed E-state index contributed by atoms with van der Waals surface area (Å²) < 4.78 is 68.2. The Labute approximate surface area is 197 Å². The second kappa shape index (κ2) is 10.3. The molecule has 1 amide bonds. The predicted octanol–water partition coefficient (Wildman–Crippen LogP) is 3.59. The zero-order valence-electron chi connectivity index (χ0n) is 17.6. The van der Waals surface area contributed by atoms with E-state index in [1.165, 1.54) is 24.3 Å². The van der Waals surface area contributed by atoms with Crippen molar-refractivity contribution in [3.63, 3.8) is 0 Å². The van der Waals surface area contributed by atoms with E-state index < -0.39 is 40.6 Å². The molecule has 0 radical (unpaired) electrons. The van der Waals surface area contributed by atoms with Crippen LogP contribution >= 0.6 is 0 Å².